The average Bonchev–Trinajstić information content (AvgIpc) is 2.30. The van der Waals surface area contributed by atoms with E-state index in [9.17, 15) is 9.59 Å². The highest BCUT2D eigenvalue weighted by Gasteiger charge is 2.14. The summed E-state index contributed by atoms with van der Waals surface area (Å²) in [5.41, 5.74) is 0. The lowest BCUT2D eigenvalue weighted by atomic mass is 10.0. The summed E-state index contributed by atoms with van der Waals surface area (Å²) in [6.07, 6.45) is 7.48. The van der Waals surface area contributed by atoms with Gasteiger partial charge < -0.3 is 15.7 Å². The quantitative estimate of drug-likeness (QED) is 0.637. The lowest BCUT2D eigenvalue weighted by Crippen LogP contribution is -2.43. The number of urea groups is 1. The Bertz CT molecular complexity index is 302. The summed E-state index contributed by atoms with van der Waals surface area (Å²) in [5, 5.41) is 14.2. The van der Waals surface area contributed by atoms with E-state index in [1.54, 1.807) is 6.92 Å². The van der Waals surface area contributed by atoms with Crippen LogP contribution in [0, 0.1) is 5.92 Å². The van der Waals surface area contributed by atoms with Gasteiger partial charge in [0.05, 0.1) is 5.92 Å². The molecule has 1 rings (SSSR count). The van der Waals surface area contributed by atoms with Crippen molar-refractivity contribution in [2.75, 3.05) is 6.54 Å². The predicted octanol–water partition coefficient (Wildman–Crippen LogP) is 1.51. The van der Waals surface area contributed by atoms with Crippen LogP contribution >= 0.6 is 0 Å². The maximum atomic E-state index is 11.5. The fourth-order valence-corrected chi connectivity index (χ4v) is 1.69. The average molecular weight is 240 g/mol. The minimum atomic E-state index is -0.829. The third-order valence-corrected chi connectivity index (χ3v) is 2.89. The van der Waals surface area contributed by atoms with E-state index >= 15 is 0 Å². The molecule has 96 valence electrons. The van der Waals surface area contributed by atoms with Gasteiger partial charge in [-0.2, -0.15) is 0 Å². The lowest BCUT2D eigenvalue weighted by Gasteiger charge is -2.19. The molecule has 2 amide bonds. The van der Waals surface area contributed by atoms with Crippen LogP contribution in [0.4, 0.5) is 4.79 Å². The van der Waals surface area contributed by atoms with Gasteiger partial charge in [0, 0.05) is 12.6 Å². The van der Waals surface area contributed by atoms with Crippen LogP contribution < -0.4 is 10.6 Å². The molecule has 0 bridgehead atoms. The minimum Gasteiger partial charge on any atom is -0.481 e. The largest absolute Gasteiger partial charge is 0.481 e. The van der Waals surface area contributed by atoms with E-state index in [-0.39, 0.29) is 12.1 Å². The molecule has 0 saturated heterocycles. The SMILES string of the molecule is CC(CCNC(=O)NC1CC=CCC1)C(=O)O. The second-order valence-electron chi connectivity index (χ2n) is 4.41. The smallest absolute Gasteiger partial charge is 0.315 e. The molecular formula is C12H20N2O3. The Labute approximate surface area is 101 Å². The molecule has 17 heavy (non-hydrogen) atoms. The van der Waals surface area contributed by atoms with Gasteiger partial charge in [-0.25, -0.2) is 4.79 Å². The molecule has 0 fully saturated rings. The summed E-state index contributed by atoms with van der Waals surface area (Å²) in [6, 6.07) is -0.000198. The number of carbonyl (C=O) groups is 2. The van der Waals surface area contributed by atoms with Crippen LogP contribution in [0.3, 0.4) is 0 Å². The Hall–Kier alpha value is -1.52. The summed E-state index contributed by atoms with van der Waals surface area (Å²) in [5.74, 6) is -1.25. The van der Waals surface area contributed by atoms with Gasteiger partial charge in [-0.1, -0.05) is 19.1 Å². The molecule has 0 saturated carbocycles. The highest BCUT2D eigenvalue weighted by Crippen LogP contribution is 2.10. The second kappa shape index (κ2) is 6.93. The number of carboxylic acids is 1. The second-order valence-corrected chi connectivity index (χ2v) is 4.41. The molecule has 0 aromatic rings. The summed E-state index contributed by atoms with van der Waals surface area (Å²) in [6.45, 7) is 2.02. The lowest BCUT2D eigenvalue weighted by molar-refractivity contribution is -0.141. The van der Waals surface area contributed by atoms with Crippen molar-refractivity contribution in [3.63, 3.8) is 0 Å². The van der Waals surface area contributed by atoms with Crippen molar-refractivity contribution < 1.29 is 14.7 Å². The van der Waals surface area contributed by atoms with E-state index in [0.717, 1.165) is 19.3 Å². The number of carboxylic acid groups (broad SMARTS) is 1. The number of hydrogen-bond donors (Lipinski definition) is 3. The number of nitrogens with one attached hydrogen (secondary N) is 2. The molecule has 0 spiro atoms. The van der Waals surface area contributed by atoms with Crippen LogP contribution in [0.2, 0.25) is 0 Å². The van der Waals surface area contributed by atoms with Crippen LogP contribution in [0.1, 0.15) is 32.6 Å². The van der Waals surface area contributed by atoms with E-state index in [4.69, 9.17) is 5.11 Å². The zero-order valence-electron chi connectivity index (χ0n) is 10.1. The first-order chi connectivity index (χ1) is 8.09. The van der Waals surface area contributed by atoms with Crippen LogP contribution in [0.15, 0.2) is 12.2 Å². The van der Waals surface area contributed by atoms with Gasteiger partial charge in [0.2, 0.25) is 0 Å². The minimum absolute atomic E-state index is 0.205. The van der Waals surface area contributed by atoms with Crippen molar-refractivity contribution >= 4 is 12.0 Å². The standard InChI is InChI=1S/C12H20N2O3/c1-9(11(15)16)7-8-13-12(17)14-10-5-3-2-4-6-10/h2-3,9-10H,4-8H2,1H3,(H,15,16)(H2,13,14,17). The van der Waals surface area contributed by atoms with Crippen LogP contribution in [0.5, 0.6) is 0 Å². The molecule has 2 unspecified atom stereocenters. The molecule has 5 heteroatoms. The van der Waals surface area contributed by atoms with Crippen molar-refractivity contribution in [2.24, 2.45) is 5.92 Å². The van der Waals surface area contributed by atoms with Gasteiger partial charge >= 0.3 is 12.0 Å². The zero-order valence-corrected chi connectivity index (χ0v) is 10.1. The zero-order chi connectivity index (χ0) is 12.7. The van der Waals surface area contributed by atoms with Crippen LogP contribution in [-0.2, 0) is 4.79 Å². The van der Waals surface area contributed by atoms with E-state index in [0.29, 0.717) is 13.0 Å². The Balaban J connectivity index is 2.12. The molecule has 5 nitrogen and oxygen atoms in total. The third kappa shape index (κ3) is 5.38. The Morgan fingerprint density at radius 1 is 1.47 bits per heavy atom. The van der Waals surface area contributed by atoms with E-state index in [1.165, 1.54) is 0 Å². The van der Waals surface area contributed by atoms with Gasteiger partial charge in [-0.3, -0.25) is 4.79 Å². The van der Waals surface area contributed by atoms with Crippen molar-refractivity contribution in [1.82, 2.24) is 10.6 Å². The molecule has 0 heterocycles. The monoisotopic (exact) mass is 240 g/mol. The van der Waals surface area contributed by atoms with Crippen molar-refractivity contribution in [3.8, 4) is 0 Å². The van der Waals surface area contributed by atoms with Crippen molar-refractivity contribution in [1.29, 1.82) is 0 Å². The molecule has 2 atom stereocenters. The molecular weight excluding hydrogens is 220 g/mol. The third-order valence-electron chi connectivity index (χ3n) is 2.89. The normalized spacial score (nSPS) is 20.6. The van der Waals surface area contributed by atoms with Gasteiger partial charge in [-0.05, 0) is 25.7 Å². The highest BCUT2D eigenvalue weighted by molar-refractivity contribution is 5.74. The Kier molecular flexibility index (Phi) is 5.52. The number of rotatable bonds is 5. The van der Waals surface area contributed by atoms with Crippen molar-refractivity contribution in [3.05, 3.63) is 12.2 Å². The van der Waals surface area contributed by atoms with Gasteiger partial charge in [0.15, 0.2) is 0 Å². The first-order valence-corrected chi connectivity index (χ1v) is 6.01. The van der Waals surface area contributed by atoms with Crippen molar-refractivity contribution in [2.45, 2.75) is 38.6 Å². The summed E-state index contributed by atoms with van der Waals surface area (Å²) < 4.78 is 0. The molecule has 0 aliphatic heterocycles. The Morgan fingerprint density at radius 2 is 2.24 bits per heavy atom. The number of aliphatic carboxylic acids is 1. The summed E-state index contributed by atoms with van der Waals surface area (Å²) in [4.78, 5) is 22.0. The number of amides is 2. The van der Waals surface area contributed by atoms with E-state index < -0.39 is 11.9 Å². The van der Waals surface area contributed by atoms with Gasteiger partial charge in [0.1, 0.15) is 0 Å². The van der Waals surface area contributed by atoms with E-state index in [1.807, 2.05) is 0 Å². The Morgan fingerprint density at radius 3 is 2.82 bits per heavy atom. The molecule has 3 N–H and O–H groups in total. The predicted molar refractivity (Wildman–Crippen MR) is 64.7 cm³/mol. The molecule has 0 aromatic heterocycles. The fourth-order valence-electron chi connectivity index (χ4n) is 1.69. The molecule has 1 aliphatic carbocycles. The maximum Gasteiger partial charge on any atom is 0.315 e. The highest BCUT2D eigenvalue weighted by atomic mass is 16.4. The number of carbonyl (C=O) groups excluding carboxylic acids is 1. The number of allylic oxidation sites excluding steroid dienone is 1. The first-order valence-electron chi connectivity index (χ1n) is 6.01. The summed E-state index contributed by atoms with van der Waals surface area (Å²) in [7, 11) is 0. The van der Waals surface area contributed by atoms with Gasteiger partial charge in [0.25, 0.3) is 0 Å². The fraction of sp³-hybridized carbons (Fsp3) is 0.667. The topological polar surface area (TPSA) is 78.4 Å². The van der Waals surface area contributed by atoms with E-state index in [2.05, 4.69) is 22.8 Å². The number of hydrogen-bond acceptors (Lipinski definition) is 2. The maximum absolute atomic E-state index is 11.5. The molecule has 0 radical (unpaired) electrons. The first kappa shape index (κ1) is 13.5. The van der Waals surface area contributed by atoms with Gasteiger partial charge in [-0.15, -0.1) is 0 Å². The molecule has 0 aromatic carbocycles. The van der Waals surface area contributed by atoms with Crippen LogP contribution in [-0.4, -0.2) is 29.7 Å². The molecule has 1 aliphatic rings. The summed E-state index contributed by atoms with van der Waals surface area (Å²) >= 11 is 0. The van der Waals surface area contributed by atoms with Crippen LogP contribution in [0.25, 0.3) is 0 Å².